The van der Waals surface area contributed by atoms with Gasteiger partial charge in [0.15, 0.2) is 0 Å². The van der Waals surface area contributed by atoms with Crippen molar-refractivity contribution in [2.45, 2.75) is 20.0 Å². The van der Waals surface area contributed by atoms with E-state index in [0.717, 1.165) is 23.4 Å². The van der Waals surface area contributed by atoms with Gasteiger partial charge < -0.3 is 10.6 Å². The van der Waals surface area contributed by atoms with Crippen LogP contribution >= 0.6 is 15.9 Å². The van der Waals surface area contributed by atoms with Crippen LogP contribution in [0.2, 0.25) is 0 Å². The maximum atomic E-state index is 5.79. The van der Waals surface area contributed by atoms with Crippen LogP contribution in [-0.4, -0.2) is 11.5 Å². The first kappa shape index (κ1) is 14.0. The fraction of sp³-hybridized carbons (Fsp3) is 0.267. The molecule has 0 fully saturated rings. The third-order valence-electron chi connectivity index (χ3n) is 3.12. The van der Waals surface area contributed by atoms with Gasteiger partial charge in [0.05, 0.1) is 0 Å². The summed E-state index contributed by atoms with van der Waals surface area (Å²) in [6, 6.07) is 12.3. The predicted molar refractivity (Wildman–Crippen MR) is 83.0 cm³/mol. The largest absolute Gasteiger partial charge is 0.353 e. The SMILES string of the molecule is CCN(Cc1ccccc1CN)c1ccc(Br)cn1. The van der Waals surface area contributed by atoms with Crippen LogP contribution in [0.25, 0.3) is 0 Å². The molecule has 4 heteroatoms. The minimum Gasteiger partial charge on any atom is -0.353 e. The molecule has 0 aliphatic rings. The summed E-state index contributed by atoms with van der Waals surface area (Å²) in [5.41, 5.74) is 8.24. The Morgan fingerprint density at radius 1 is 1.16 bits per heavy atom. The minimum atomic E-state index is 0.571. The second-order valence-corrected chi connectivity index (χ2v) is 5.24. The van der Waals surface area contributed by atoms with E-state index >= 15 is 0 Å². The molecule has 0 atom stereocenters. The molecule has 3 nitrogen and oxygen atoms in total. The van der Waals surface area contributed by atoms with Crippen molar-refractivity contribution in [1.82, 2.24) is 4.98 Å². The Labute approximate surface area is 122 Å². The van der Waals surface area contributed by atoms with E-state index in [-0.39, 0.29) is 0 Å². The molecule has 1 aromatic heterocycles. The second-order valence-electron chi connectivity index (χ2n) is 4.32. The second kappa shape index (κ2) is 6.68. The summed E-state index contributed by atoms with van der Waals surface area (Å²) in [4.78, 5) is 6.69. The Balaban J connectivity index is 2.21. The standard InChI is InChI=1S/C15H18BrN3/c1-2-19(15-8-7-14(16)10-18-15)11-13-6-4-3-5-12(13)9-17/h3-8,10H,2,9,11,17H2,1H3. The zero-order chi connectivity index (χ0) is 13.7. The van der Waals surface area contributed by atoms with Gasteiger partial charge in [-0.2, -0.15) is 0 Å². The number of nitrogens with two attached hydrogens (primary N) is 1. The van der Waals surface area contributed by atoms with Crippen LogP contribution in [0.4, 0.5) is 5.82 Å². The molecule has 2 rings (SSSR count). The Bertz CT molecular complexity index is 525. The molecule has 0 aliphatic heterocycles. The molecule has 0 radical (unpaired) electrons. The van der Waals surface area contributed by atoms with Crippen LogP contribution in [0.5, 0.6) is 0 Å². The molecule has 2 aromatic rings. The van der Waals surface area contributed by atoms with Gasteiger partial charge in [0.25, 0.3) is 0 Å². The van der Waals surface area contributed by atoms with E-state index in [2.05, 4.69) is 50.9 Å². The molecule has 0 saturated heterocycles. The highest BCUT2D eigenvalue weighted by atomic mass is 79.9. The van der Waals surface area contributed by atoms with Gasteiger partial charge in [-0.3, -0.25) is 0 Å². The van der Waals surface area contributed by atoms with Crippen LogP contribution < -0.4 is 10.6 Å². The molecular weight excluding hydrogens is 302 g/mol. The van der Waals surface area contributed by atoms with Gasteiger partial charge in [-0.05, 0) is 46.1 Å². The van der Waals surface area contributed by atoms with Crippen molar-refractivity contribution in [3.8, 4) is 0 Å². The number of hydrogen-bond donors (Lipinski definition) is 1. The quantitative estimate of drug-likeness (QED) is 0.919. The topological polar surface area (TPSA) is 42.1 Å². The van der Waals surface area contributed by atoms with E-state index in [1.54, 1.807) is 0 Å². The fourth-order valence-corrected chi connectivity index (χ4v) is 2.26. The normalized spacial score (nSPS) is 10.5. The van der Waals surface area contributed by atoms with E-state index < -0.39 is 0 Å². The Morgan fingerprint density at radius 2 is 1.89 bits per heavy atom. The predicted octanol–water partition coefficient (Wildman–Crippen LogP) is 3.33. The molecule has 19 heavy (non-hydrogen) atoms. The highest BCUT2D eigenvalue weighted by Gasteiger charge is 2.08. The van der Waals surface area contributed by atoms with Gasteiger partial charge >= 0.3 is 0 Å². The third kappa shape index (κ3) is 3.55. The first-order valence-corrected chi connectivity index (χ1v) is 7.17. The Morgan fingerprint density at radius 3 is 2.47 bits per heavy atom. The van der Waals surface area contributed by atoms with Crippen LogP contribution in [-0.2, 0) is 13.1 Å². The van der Waals surface area contributed by atoms with Crippen molar-refractivity contribution in [1.29, 1.82) is 0 Å². The van der Waals surface area contributed by atoms with Crippen molar-refractivity contribution in [3.63, 3.8) is 0 Å². The minimum absolute atomic E-state index is 0.571. The van der Waals surface area contributed by atoms with E-state index in [4.69, 9.17) is 5.73 Å². The van der Waals surface area contributed by atoms with Gasteiger partial charge in [0.1, 0.15) is 5.82 Å². The summed E-state index contributed by atoms with van der Waals surface area (Å²) in [5, 5.41) is 0. The highest BCUT2D eigenvalue weighted by Crippen LogP contribution is 2.18. The van der Waals surface area contributed by atoms with Crippen molar-refractivity contribution >= 4 is 21.7 Å². The number of halogens is 1. The number of hydrogen-bond acceptors (Lipinski definition) is 3. The first-order chi connectivity index (χ1) is 9.24. The number of nitrogens with zero attached hydrogens (tertiary/aromatic N) is 2. The van der Waals surface area contributed by atoms with E-state index in [1.807, 2.05) is 24.4 Å². The lowest BCUT2D eigenvalue weighted by Crippen LogP contribution is -2.24. The maximum absolute atomic E-state index is 5.79. The van der Waals surface area contributed by atoms with Crippen LogP contribution in [0.1, 0.15) is 18.1 Å². The fourth-order valence-electron chi connectivity index (χ4n) is 2.03. The molecule has 1 heterocycles. The zero-order valence-electron chi connectivity index (χ0n) is 11.0. The highest BCUT2D eigenvalue weighted by molar-refractivity contribution is 9.10. The summed E-state index contributed by atoms with van der Waals surface area (Å²) >= 11 is 3.41. The van der Waals surface area contributed by atoms with Crippen molar-refractivity contribution < 1.29 is 0 Å². The van der Waals surface area contributed by atoms with Crippen molar-refractivity contribution in [2.24, 2.45) is 5.73 Å². The van der Waals surface area contributed by atoms with Gasteiger partial charge in [0.2, 0.25) is 0 Å². The van der Waals surface area contributed by atoms with Gasteiger partial charge in [-0.25, -0.2) is 4.98 Å². The smallest absolute Gasteiger partial charge is 0.128 e. The maximum Gasteiger partial charge on any atom is 0.128 e. The average Bonchev–Trinajstić information content (AvgIpc) is 2.46. The molecule has 0 saturated carbocycles. The summed E-state index contributed by atoms with van der Waals surface area (Å²) in [5.74, 6) is 0.984. The van der Waals surface area contributed by atoms with Crippen LogP contribution in [0.15, 0.2) is 47.1 Å². The molecule has 0 amide bonds. The number of aromatic nitrogens is 1. The lowest BCUT2D eigenvalue weighted by Gasteiger charge is -2.23. The third-order valence-corrected chi connectivity index (χ3v) is 3.59. The summed E-state index contributed by atoms with van der Waals surface area (Å²) in [6.45, 7) is 4.45. The van der Waals surface area contributed by atoms with Gasteiger partial charge in [-0.1, -0.05) is 24.3 Å². The van der Waals surface area contributed by atoms with E-state index in [1.165, 1.54) is 11.1 Å². The van der Waals surface area contributed by atoms with Crippen LogP contribution in [0.3, 0.4) is 0 Å². The molecule has 1 aromatic carbocycles. The van der Waals surface area contributed by atoms with Crippen molar-refractivity contribution in [2.75, 3.05) is 11.4 Å². The average molecular weight is 320 g/mol. The summed E-state index contributed by atoms with van der Waals surface area (Å²) < 4.78 is 0.995. The summed E-state index contributed by atoms with van der Waals surface area (Å²) in [6.07, 6.45) is 1.83. The Kier molecular flexibility index (Phi) is 4.93. The number of rotatable bonds is 5. The van der Waals surface area contributed by atoms with Gasteiger partial charge in [0, 0.05) is 30.3 Å². The number of pyridine rings is 1. The van der Waals surface area contributed by atoms with E-state index in [0.29, 0.717) is 6.54 Å². The molecule has 0 aliphatic carbocycles. The lowest BCUT2D eigenvalue weighted by atomic mass is 10.1. The number of benzene rings is 1. The van der Waals surface area contributed by atoms with Crippen molar-refractivity contribution in [3.05, 3.63) is 58.2 Å². The van der Waals surface area contributed by atoms with E-state index in [9.17, 15) is 0 Å². The molecule has 0 bridgehead atoms. The van der Waals surface area contributed by atoms with Crippen LogP contribution in [0, 0.1) is 0 Å². The number of anilines is 1. The zero-order valence-corrected chi connectivity index (χ0v) is 12.6. The van der Waals surface area contributed by atoms with Gasteiger partial charge in [-0.15, -0.1) is 0 Å². The molecule has 0 unspecified atom stereocenters. The molecule has 2 N–H and O–H groups in total. The Hall–Kier alpha value is -1.39. The molecule has 100 valence electrons. The summed E-state index contributed by atoms with van der Waals surface area (Å²) in [7, 11) is 0. The molecule has 0 spiro atoms. The monoisotopic (exact) mass is 319 g/mol. The lowest BCUT2D eigenvalue weighted by molar-refractivity contribution is 0.803. The first-order valence-electron chi connectivity index (χ1n) is 6.38. The molecular formula is C15H18BrN3.